The van der Waals surface area contributed by atoms with Gasteiger partial charge in [-0.3, -0.25) is 0 Å². The zero-order chi connectivity index (χ0) is 23.8. The summed E-state index contributed by atoms with van der Waals surface area (Å²) in [4.78, 5) is 4.41. The highest BCUT2D eigenvalue weighted by Gasteiger charge is 2.19. The molecule has 0 aliphatic heterocycles. The molecule has 2 nitrogen and oxygen atoms in total. The second-order valence-electron chi connectivity index (χ2n) is 8.28. The number of hydrogen-bond acceptors (Lipinski definition) is 4. The lowest BCUT2D eigenvalue weighted by atomic mass is 9.93. The van der Waals surface area contributed by atoms with Gasteiger partial charge in [0, 0.05) is 43.8 Å². The molecule has 172 valence electrons. The van der Waals surface area contributed by atoms with Gasteiger partial charge in [0.05, 0.1) is 0 Å². The fraction of sp³-hybridized carbons (Fsp3) is 0.241. The molecular formula is C29H34N2S2. The first kappa shape index (κ1) is 25.1. The maximum absolute atomic E-state index is 2.27. The lowest BCUT2D eigenvalue weighted by molar-refractivity contribution is 0.346. The molecule has 0 heterocycles. The van der Waals surface area contributed by atoms with Gasteiger partial charge in [-0.25, -0.2) is 0 Å². The molecule has 3 aromatic rings. The number of nitrogens with zero attached hydrogens (tertiary/aromatic N) is 2. The molecule has 0 saturated heterocycles. The molecule has 0 unspecified atom stereocenters. The Morgan fingerprint density at radius 3 is 1.76 bits per heavy atom. The summed E-state index contributed by atoms with van der Waals surface area (Å²) in [6, 6.07) is 30.2. The molecular weight excluding hydrogens is 440 g/mol. The average molecular weight is 475 g/mol. The molecule has 0 saturated carbocycles. The van der Waals surface area contributed by atoms with E-state index in [1.165, 1.54) is 43.5 Å². The summed E-state index contributed by atoms with van der Waals surface area (Å²) in [5.41, 5.74) is 7.74. The van der Waals surface area contributed by atoms with Crippen LogP contribution in [0.4, 0.5) is 0 Å². The van der Waals surface area contributed by atoms with Gasteiger partial charge in [-0.1, -0.05) is 84.9 Å². The minimum Gasteiger partial charge on any atom is -0.364 e. The van der Waals surface area contributed by atoms with Gasteiger partial charge >= 0.3 is 0 Å². The van der Waals surface area contributed by atoms with Crippen molar-refractivity contribution in [2.45, 2.75) is 12.7 Å². The Bertz CT molecular complexity index is 1090. The third kappa shape index (κ3) is 6.27. The molecule has 0 N–H and O–H groups in total. The van der Waals surface area contributed by atoms with Crippen molar-refractivity contribution in [1.29, 1.82) is 0 Å². The summed E-state index contributed by atoms with van der Waals surface area (Å²) in [5.74, 6) is 2.11. The first-order valence-corrected chi connectivity index (χ1v) is 13.3. The molecule has 0 atom stereocenters. The number of hydrogen-bond donors (Lipinski definition) is 0. The predicted molar refractivity (Wildman–Crippen MR) is 150 cm³/mol. The lowest BCUT2D eigenvalue weighted by Gasteiger charge is -2.29. The molecule has 0 bridgehead atoms. The van der Waals surface area contributed by atoms with Crippen molar-refractivity contribution in [3.05, 3.63) is 117 Å². The van der Waals surface area contributed by atoms with E-state index < -0.39 is 0 Å². The Hall–Kier alpha value is -2.56. The van der Waals surface area contributed by atoms with Crippen molar-refractivity contribution >= 4 is 34.7 Å². The van der Waals surface area contributed by atoms with Crippen LogP contribution in [-0.4, -0.2) is 44.2 Å². The van der Waals surface area contributed by atoms with E-state index in [4.69, 9.17) is 0 Å². The molecule has 0 fully saturated rings. The molecule has 0 aromatic heterocycles. The van der Waals surface area contributed by atoms with E-state index in [0.717, 1.165) is 5.75 Å². The van der Waals surface area contributed by atoms with Crippen molar-refractivity contribution in [3.8, 4) is 0 Å². The topological polar surface area (TPSA) is 6.48 Å². The van der Waals surface area contributed by atoms with Gasteiger partial charge in [-0.15, -0.1) is 23.5 Å². The maximum Gasteiger partial charge on any atom is 0.112 e. The minimum absolute atomic E-state index is 0.918. The number of allylic oxidation sites excluding steroid dienone is 1. The molecule has 0 radical (unpaired) electrons. The van der Waals surface area contributed by atoms with E-state index >= 15 is 0 Å². The van der Waals surface area contributed by atoms with Crippen LogP contribution in [0, 0.1) is 0 Å². The van der Waals surface area contributed by atoms with E-state index in [1.807, 2.05) is 23.5 Å². The van der Waals surface area contributed by atoms with E-state index in [-0.39, 0.29) is 0 Å². The summed E-state index contributed by atoms with van der Waals surface area (Å²) in [7, 11) is 8.47. The quantitative estimate of drug-likeness (QED) is 0.316. The first-order chi connectivity index (χ1) is 15.9. The Morgan fingerprint density at radius 1 is 0.697 bits per heavy atom. The minimum atomic E-state index is 0.918. The number of rotatable bonds is 9. The van der Waals surface area contributed by atoms with E-state index in [0.29, 0.717) is 0 Å². The summed E-state index contributed by atoms with van der Waals surface area (Å²) < 4.78 is 1.36. The zero-order valence-electron chi connectivity index (χ0n) is 20.5. The van der Waals surface area contributed by atoms with Crippen LogP contribution in [-0.2, 0) is 5.75 Å². The third-order valence-corrected chi connectivity index (χ3v) is 8.03. The molecule has 33 heavy (non-hydrogen) atoms. The van der Waals surface area contributed by atoms with Crippen molar-refractivity contribution < 1.29 is 0 Å². The number of benzene rings is 3. The Balaban J connectivity index is 2.06. The second kappa shape index (κ2) is 12.1. The SMILES string of the molecule is CS/C(SCc1ccccc1C(=C(N(C)C)N(C)C)c1ccccc1)=C(/C)c1ccccc1. The van der Waals surface area contributed by atoms with Crippen LogP contribution >= 0.6 is 23.5 Å². The summed E-state index contributed by atoms with van der Waals surface area (Å²) in [5, 5.41) is 0. The van der Waals surface area contributed by atoms with Crippen molar-refractivity contribution in [1.82, 2.24) is 9.80 Å². The molecule has 0 spiro atoms. The smallest absolute Gasteiger partial charge is 0.112 e. The van der Waals surface area contributed by atoms with Crippen LogP contribution in [0.5, 0.6) is 0 Å². The highest BCUT2D eigenvalue weighted by Crippen LogP contribution is 2.39. The van der Waals surface area contributed by atoms with Crippen LogP contribution in [0.1, 0.15) is 29.2 Å². The first-order valence-electron chi connectivity index (χ1n) is 11.1. The van der Waals surface area contributed by atoms with Crippen LogP contribution < -0.4 is 0 Å². The van der Waals surface area contributed by atoms with Crippen LogP contribution in [0.2, 0.25) is 0 Å². The highest BCUT2D eigenvalue weighted by molar-refractivity contribution is 8.21. The highest BCUT2D eigenvalue weighted by atomic mass is 32.2. The van der Waals surface area contributed by atoms with Crippen LogP contribution in [0.3, 0.4) is 0 Å². The van der Waals surface area contributed by atoms with Gasteiger partial charge in [0.25, 0.3) is 0 Å². The van der Waals surface area contributed by atoms with E-state index in [9.17, 15) is 0 Å². The molecule has 0 aliphatic rings. The molecule has 3 rings (SSSR count). The van der Waals surface area contributed by atoms with Crippen molar-refractivity contribution in [2.75, 3.05) is 34.4 Å². The standard InChI is InChI=1S/C29H34N2S2/c1-22(23-15-9-7-10-16-23)29(32-6)33-21-25-19-13-14-20-26(25)27(24-17-11-8-12-18-24)28(30(2)3)31(4)5/h7-20H,21H2,1-6H3/b29-22+. The van der Waals surface area contributed by atoms with E-state index in [1.54, 1.807) is 0 Å². The van der Waals surface area contributed by atoms with E-state index in [2.05, 4.69) is 136 Å². The summed E-state index contributed by atoms with van der Waals surface area (Å²) >= 11 is 3.76. The Kier molecular flexibility index (Phi) is 9.16. The van der Waals surface area contributed by atoms with Gasteiger partial charge in [0.15, 0.2) is 0 Å². The molecule has 3 aromatic carbocycles. The molecule has 0 aliphatic carbocycles. The summed E-state index contributed by atoms with van der Waals surface area (Å²) in [6.45, 7) is 2.23. The Morgan fingerprint density at radius 2 is 1.21 bits per heavy atom. The molecule has 0 amide bonds. The van der Waals surface area contributed by atoms with Crippen LogP contribution in [0.15, 0.2) is 95.0 Å². The largest absolute Gasteiger partial charge is 0.364 e. The normalized spacial score (nSPS) is 11.6. The van der Waals surface area contributed by atoms with Gasteiger partial charge in [-0.2, -0.15) is 0 Å². The maximum atomic E-state index is 2.27. The fourth-order valence-electron chi connectivity index (χ4n) is 4.02. The lowest BCUT2D eigenvalue weighted by Crippen LogP contribution is -2.26. The average Bonchev–Trinajstić information content (AvgIpc) is 2.83. The van der Waals surface area contributed by atoms with Crippen LogP contribution in [0.25, 0.3) is 11.1 Å². The van der Waals surface area contributed by atoms with Gasteiger partial charge in [0.2, 0.25) is 0 Å². The van der Waals surface area contributed by atoms with Crippen molar-refractivity contribution in [3.63, 3.8) is 0 Å². The van der Waals surface area contributed by atoms with Gasteiger partial charge in [-0.05, 0) is 41.0 Å². The monoisotopic (exact) mass is 474 g/mol. The van der Waals surface area contributed by atoms with Gasteiger partial charge in [0.1, 0.15) is 5.82 Å². The van der Waals surface area contributed by atoms with Crippen molar-refractivity contribution in [2.24, 2.45) is 0 Å². The third-order valence-electron chi connectivity index (χ3n) is 5.48. The zero-order valence-corrected chi connectivity index (χ0v) is 22.1. The Labute approximate surface area is 208 Å². The predicted octanol–water partition coefficient (Wildman–Crippen LogP) is 7.51. The number of thioether (sulfide) groups is 2. The summed E-state index contributed by atoms with van der Waals surface area (Å²) in [6.07, 6.45) is 2.17. The second-order valence-corrected chi connectivity index (χ2v) is 10.3. The molecule has 4 heteroatoms. The fourth-order valence-corrected chi connectivity index (χ4v) is 5.96. The van der Waals surface area contributed by atoms with Gasteiger partial charge < -0.3 is 9.80 Å².